The van der Waals surface area contributed by atoms with Gasteiger partial charge in [0.15, 0.2) is 0 Å². The number of aromatic hydroxyl groups is 1. The van der Waals surface area contributed by atoms with Gasteiger partial charge in [0.25, 0.3) is 0 Å². The van der Waals surface area contributed by atoms with E-state index in [1.807, 2.05) is 12.1 Å². The third-order valence-corrected chi connectivity index (χ3v) is 4.74. The number of nitrogens with zero attached hydrogens (tertiary/aromatic N) is 2. The molecule has 0 unspecified atom stereocenters. The number of hydrogen-bond acceptors (Lipinski definition) is 4. The van der Waals surface area contributed by atoms with Crippen LogP contribution >= 0.6 is 0 Å². The number of phenolic OH excluding ortho intramolecular Hbond substituents is 1. The topological polar surface area (TPSA) is 38.7 Å². The molecule has 23 heavy (non-hydrogen) atoms. The number of phenols is 1. The van der Waals surface area contributed by atoms with Gasteiger partial charge in [-0.15, -0.1) is 6.58 Å². The zero-order chi connectivity index (χ0) is 16.7. The van der Waals surface area contributed by atoms with Crippen LogP contribution in [0.4, 0.5) is 5.69 Å². The Morgan fingerprint density at radius 3 is 2.57 bits per heavy atom. The maximum absolute atomic E-state index is 10.6. The predicted octanol–water partition coefficient (Wildman–Crippen LogP) is 3.15. The molecule has 128 valence electrons. The first-order valence-corrected chi connectivity index (χ1v) is 8.84. The summed E-state index contributed by atoms with van der Waals surface area (Å²) in [5.74, 6) is 0.419. The van der Waals surface area contributed by atoms with Crippen LogP contribution in [-0.2, 0) is 0 Å². The van der Waals surface area contributed by atoms with Crippen molar-refractivity contribution >= 4 is 5.69 Å². The van der Waals surface area contributed by atoms with Gasteiger partial charge in [-0.2, -0.15) is 0 Å². The van der Waals surface area contributed by atoms with Crippen LogP contribution < -0.4 is 10.2 Å². The van der Waals surface area contributed by atoms with Gasteiger partial charge < -0.3 is 15.3 Å². The zero-order valence-corrected chi connectivity index (χ0v) is 14.6. The molecule has 1 aromatic carbocycles. The van der Waals surface area contributed by atoms with E-state index in [9.17, 15) is 5.11 Å². The monoisotopic (exact) mass is 317 g/mol. The van der Waals surface area contributed by atoms with Crippen LogP contribution in [0.25, 0.3) is 0 Å². The second kappa shape index (κ2) is 8.94. The molecule has 0 aromatic heterocycles. The van der Waals surface area contributed by atoms with Gasteiger partial charge in [-0.1, -0.05) is 12.1 Å². The van der Waals surface area contributed by atoms with Crippen LogP contribution in [0.2, 0.25) is 0 Å². The molecule has 0 bridgehead atoms. The molecule has 4 nitrogen and oxygen atoms in total. The molecule has 1 aliphatic rings. The molecule has 1 fully saturated rings. The normalized spacial score (nSPS) is 17.0. The standard InChI is InChI=1S/C19H31N3O/c1-4-7-8-18(22-13-11-20-12-14-22)17-10-9-16(15-19(17)23)21(5-2)6-3/h4,9-10,15,18,20,23H,1,5-8,11-14H2,2-3H3/t18-/m0/s1. The van der Waals surface area contributed by atoms with Crippen LogP contribution in [0.1, 0.15) is 38.3 Å². The first-order chi connectivity index (χ1) is 11.2. The van der Waals surface area contributed by atoms with Crippen molar-refractivity contribution < 1.29 is 5.11 Å². The lowest BCUT2D eigenvalue weighted by Crippen LogP contribution is -2.45. The van der Waals surface area contributed by atoms with Crippen molar-refractivity contribution in [2.45, 2.75) is 32.7 Å². The highest BCUT2D eigenvalue weighted by Crippen LogP contribution is 2.35. The van der Waals surface area contributed by atoms with E-state index in [4.69, 9.17) is 0 Å². The fourth-order valence-electron chi connectivity index (χ4n) is 3.40. The van der Waals surface area contributed by atoms with Gasteiger partial charge in [0, 0.05) is 62.6 Å². The lowest BCUT2D eigenvalue weighted by Gasteiger charge is -2.35. The third kappa shape index (κ3) is 4.49. The summed E-state index contributed by atoms with van der Waals surface area (Å²) in [6, 6.07) is 6.44. The molecule has 0 saturated carbocycles. The summed E-state index contributed by atoms with van der Waals surface area (Å²) in [5, 5.41) is 14.0. The lowest BCUT2D eigenvalue weighted by molar-refractivity contribution is 0.163. The van der Waals surface area contributed by atoms with Gasteiger partial charge in [-0.05, 0) is 32.8 Å². The number of rotatable bonds is 8. The molecule has 4 heteroatoms. The van der Waals surface area contributed by atoms with Crippen LogP contribution in [0.15, 0.2) is 30.9 Å². The first-order valence-electron chi connectivity index (χ1n) is 8.84. The quantitative estimate of drug-likeness (QED) is 0.723. The van der Waals surface area contributed by atoms with Crippen LogP contribution in [0.3, 0.4) is 0 Å². The zero-order valence-electron chi connectivity index (χ0n) is 14.6. The largest absolute Gasteiger partial charge is 0.508 e. The SMILES string of the molecule is C=CCC[C@@H](c1ccc(N(CC)CC)cc1O)N1CCNCC1. The van der Waals surface area contributed by atoms with Crippen molar-refractivity contribution in [1.82, 2.24) is 10.2 Å². The van der Waals surface area contributed by atoms with Gasteiger partial charge in [-0.25, -0.2) is 0 Å². The van der Waals surface area contributed by atoms with Crippen molar-refractivity contribution in [2.24, 2.45) is 0 Å². The molecule has 1 aliphatic heterocycles. The smallest absolute Gasteiger partial charge is 0.122 e. The van der Waals surface area contributed by atoms with E-state index >= 15 is 0 Å². The van der Waals surface area contributed by atoms with Gasteiger partial charge in [-0.3, -0.25) is 4.90 Å². The van der Waals surface area contributed by atoms with Crippen molar-refractivity contribution in [3.8, 4) is 5.75 Å². The molecular formula is C19H31N3O. The van der Waals surface area contributed by atoms with Crippen LogP contribution in [0.5, 0.6) is 5.75 Å². The average molecular weight is 317 g/mol. The molecule has 1 saturated heterocycles. The van der Waals surface area contributed by atoms with Crippen molar-refractivity contribution in [3.05, 3.63) is 36.4 Å². The first kappa shape index (κ1) is 17.8. The highest BCUT2D eigenvalue weighted by Gasteiger charge is 2.24. The Hall–Kier alpha value is -1.52. The minimum atomic E-state index is 0.265. The maximum atomic E-state index is 10.6. The number of anilines is 1. The summed E-state index contributed by atoms with van der Waals surface area (Å²) in [7, 11) is 0. The Morgan fingerprint density at radius 2 is 2.00 bits per heavy atom. The number of nitrogens with one attached hydrogen (secondary N) is 1. The predicted molar refractivity (Wildman–Crippen MR) is 98.3 cm³/mol. The van der Waals surface area contributed by atoms with Crippen molar-refractivity contribution in [1.29, 1.82) is 0 Å². The molecule has 0 spiro atoms. The number of benzene rings is 1. The van der Waals surface area contributed by atoms with E-state index in [-0.39, 0.29) is 6.04 Å². The van der Waals surface area contributed by atoms with Crippen molar-refractivity contribution in [2.75, 3.05) is 44.2 Å². The van der Waals surface area contributed by atoms with Gasteiger partial charge in [0.05, 0.1) is 0 Å². The van der Waals surface area contributed by atoms with E-state index in [0.717, 1.165) is 63.4 Å². The van der Waals surface area contributed by atoms with Gasteiger partial charge >= 0.3 is 0 Å². The molecule has 1 aromatic rings. The van der Waals surface area contributed by atoms with Gasteiger partial charge in [0.2, 0.25) is 0 Å². The minimum Gasteiger partial charge on any atom is -0.508 e. The number of allylic oxidation sites excluding steroid dienone is 1. The Labute approximate surface area is 140 Å². The van der Waals surface area contributed by atoms with E-state index in [2.05, 4.69) is 47.7 Å². The Morgan fingerprint density at radius 1 is 1.30 bits per heavy atom. The molecule has 2 rings (SSSR count). The summed E-state index contributed by atoms with van der Waals surface area (Å²) in [6.45, 7) is 14.1. The molecule has 0 amide bonds. The molecule has 0 aliphatic carbocycles. The number of hydrogen-bond donors (Lipinski definition) is 2. The Kier molecular flexibility index (Phi) is 6.93. The molecule has 1 heterocycles. The summed E-state index contributed by atoms with van der Waals surface area (Å²) in [4.78, 5) is 4.74. The highest BCUT2D eigenvalue weighted by atomic mass is 16.3. The van der Waals surface area contributed by atoms with E-state index in [0.29, 0.717) is 5.75 Å². The van der Waals surface area contributed by atoms with Crippen LogP contribution in [0, 0.1) is 0 Å². The fraction of sp³-hybridized carbons (Fsp3) is 0.579. The van der Waals surface area contributed by atoms with Gasteiger partial charge in [0.1, 0.15) is 5.75 Å². The minimum absolute atomic E-state index is 0.265. The fourth-order valence-corrected chi connectivity index (χ4v) is 3.40. The summed E-state index contributed by atoms with van der Waals surface area (Å²) in [6.07, 6.45) is 3.93. The summed E-state index contributed by atoms with van der Waals surface area (Å²) >= 11 is 0. The summed E-state index contributed by atoms with van der Waals surface area (Å²) < 4.78 is 0. The van der Waals surface area contributed by atoms with E-state index in [1.165, 1.54) is 0 Å². The molecule has 0 radical (unpaired) electrons. The Bertz CT molecular complexity index is 493. The molecular weight excluding hydrogens is 286 g/mol. The average Bonchev–Trinajstić information content (AvgIpc) is 2.59. The van der Waals surface area contributed by atoms with E-state index in [1.54, 1.807) is 0 Å². The summed E-state index contributed by atoms with van der Waals surface area (Å²) in [5.41, 5.74) is 2.14. The van der Waals surface area contributed by atoms with Crippen LogP contribution in [-0.4, -0.2) is 49.3 Å². The number of piperazine rings is 1. The van der Waals surface area contributed by atoms with E-state index < -0.39 is 0 Å². The second-order valence-corrected chi connectivity index (χ2v) is 6.08. The van der Waals surface area contributed by atoms with Crippen molar-refractivity contribution in [3.63, 3.8) is 0 Å². The highest BCUT2D eigenvalue weighted by molar-refractivity contribution is 5.54. The molecule has 2 N–H and O–H groups in total. The second-order valence-electron chi connectivity index (χ2n) is 6.08. The molecule has 1 atom stereocenters. The Balaban J connectivity index is 2.24. The maximum Gasteiger partial charge on any atom is 0.122 e. The third-order valence-electron chi connectivity index (χ3n) is 4.74. The lowest BCUT2D eigenvalue weighted by atomic mass is 9.98.